The molecule has 4 nitrogen and oxygen atoms in total. The van der Waals surface area contributed by atoms with Gasteiger partial charge in [0.1, 0.15) is 11.5 Å². The summed E-state index contributed by atoms with van der Waals surface area (Å²) in [7, 11) is 0. The molecule has 0 aliphatic heterocycles. The lowest BCUT2D eigenvalue weighted by Gasteiger charge is -2.06. The quantitative estimate of drug-likeness (QED) is 0.922. The number of aromatic nitrogens is 1. The molecule has 0 fully saturated rings. The van der Waals surface area contributed by atoms with Gasteiger partial charge in [-0.25, -0.2) is 0 Å². The average molecular weight is 309 g/mol. The van der Waals surface area contributed by atoms with Crippen LogP contribution in [0.15, 0.2) is 27.3 Å². The number of carbonyl (C=O) groups excluding carboxylic acids is 1. The van der Waals surface area contributed by atoms with Crippen molar-refractivity contribution in [2.24, 2.45) is 0 Å². The van der Waals surface area contributed by atoms with E-state index < -0.39 is 0 Å². The van der Waals surface area contributed by atoms with Crippen LogP contribution >= 0.6 is 15.9 Å². The van der Waals surface area contributed by atoms with E-state index in [-0.39, 0.29) is 5.91 Å². The topological polar surface area (TPSA) is 55.1 Å². The van der Waals surface area contributed by atoms with Crippen molar-refractivity contribution in [2.45, 2.75) is 20.8 Å². The molecule has 18 heavy (non-hydrogen) atoms. The normalized spacial score (nSPS) is 10.4. The van der Waals surface area contributed by atoms with Gasteiger partial charge in [0.15, 0.2) is 0 Å². The molecule has 2 aromatic rings. The summed E-state index contributed by atoms with van der Waals surface area (Å²) < 4.78 is 6.19. The monoisotopic (exact) mass is 308 g/mol. The van der Waals surface area contributed by atoms with Crippen LogP contribution in [0.1, 0.15) is 27.4 Å². The second kappa shape index (κ2) is 4.94. The van der Waals surface area contributed by atoms with Crippen LogP contribution in [0.5, 0.6) is 0 Å². The minimum absolute atomic E-state index is 0.172. The third-order valence-corrected chi connectivity index (χ3v) is 3.44. The van der Waals surface area contributed by atoms with Crippen LogP contribution < -0.4 is 5.32 Å². The Balaban J connectivity index is 2.31. The van der Waals surface area contributed by atoms with Gasteiger partial charge in [-0.2, -0.15) is 0 Å². The molecule has 2 rings (SSSR count). The van der Waals surface area contributed by atoms with Crippen LogP contribution in [0, 0.1) is 20.8 Å². The first kappa shape index (κ1) is 12.8. The summed E-state index contributed by atoms with van der Waals surface area (Å²) in [6.07, 6.45) is 3.26. The Morgan fingerprint density at radius 3 is 2.61 bits per heavy atom. The number of anilines is 1. The smallest absolute Gasteiger partial charge is 0.259 e. The SMILES string of the molecule is Cc1oc(C)c(C(=O)Nc2ccncc2Br)c1C. The van der Waals surface area contributed by atoms with Gasteiger partial charge in [0.05, 0.1) is 15.7 Å². The van der Waals surface area contributed by atoms with Crippen molar-refractivity contribution >= 4 is 27.5 Å². The molecule has 0 atom stereocenters. The number of rotatable bonds is 2. The van der Waals surface area contributed by atoms with E-state index in [1.807, 2.05) is 13.8 Å². The van der Waals surface area contributed by atoms with Crippen LogP contribution in [0.3, 0.4) is 0 Å². The van der Waals surface area contributed by atoms with E-state index in [2.05, 4.69) is 26.2 Å². The first-order valence-electron chi connectivity index (χ1n) is 5.48. The van der Waals surface area contributed by atoms with Crippen molar-refractivity contribution in [3.8, 4) is 0 Å². The van der Waals surface area contributed by atoms with E-state index in [9.17, 15) is 4.79 Å². The lowest BCUT2D eigenvalue weighted by Crippen LogP contribution is -2.14. The Kier molecular flexibility index (Phi) is 3.52. The minimum Gasteiger partial charge on any atom is -0.466 e. The van der Waals surface area contributed by atoms with E-state index in [0.29, 0.717) is 17.0 Å². The molecular formula is C13H13BrN2O2. The number of carbonyl (C=O) groups is 1. The highest BCUT2D eigenvalue weighted by molar-refractivity contribution is 9.10. The molecule has 0 aliphatic carbocycles. The van der Waals surface area contributed by atoms with Crippen LogP contribution in [0.4, 0.5) is 5.69 Å². The summed E-state index contributed by atoms with van der Waals surface area (Å²) in [4.78, 5) is 16.2. The molecule has 0 radical (unpaired) electrons. The van der Waals surface area contributed by atoms with Crippen LogP contribution in [-0.2, 0) is 0 Å². The van der Waals surface area contributed by atoms with Gasteiger partial charge < -0.3 is 9.73 Å². The van der Waals surface area contributed by atoms with Gasteiger partial charge in [0, 0.05) is 18.0 Å². The van der Waals surface area contributed by atoms with Gasteiger partial charge in [-0.3, -0.25) is 9.78 Å². The van der Waals surface area contributed by atoms with Crippen LogP contribution in [-0.4, -0.2) is 10.9 Å². The molecule has 0 saturated carbocycles. The summed E-state index contributed by atoms with van der Waals surface area (Å²) in [6, 6.07) is 1.74. The lowest BCUT2D eigenvalue weighted by molar-refractivity contribution is 0.102. The molecule has 0 spiro atoms. The van der Waals surface area contributed by atoms with Crippen LogP contribution in [0.2, 0.25) is 0 Å². The Bertz CT molecular complexity index is 605. The fourth-order valence-corrected chi connectivity index (χ4v) is 2.14. The van der Waals surface area contributed by atoms with Crippen molar-refractivity contribution in [1.82, 2.24) is 4.98 Å². The minimum atomic E-state index is -0.172. The molecule has 0 unspecified atom stereocenters. The summed E-state index contributed by atoms with van der Waals surface area (Å²) in [5.74, 6) is 1.23. The zero-order chi connectivity index (χ0) is 13.3. The van der Waals surface area contributed by atoms with Gasteiger partial charge >= 0.3 is 0 Å². The molecule has 0 aromatic carbocycles. The molecule has 0 bridgehead atoms. The lowest BCUT2D eigenvalue weighted by atomic mass is 10.1. The Labute approximate surface area is 114 Å². The number of nitrogens with zero attached hydrogens (tertiary/aromatic N) is 1. The van der Waals surface area contributed by atoms with Gasteiger partial charge in [0.2, 0.25) is 0 Å². The average Bonchev–Trinajstić information content (AvgIpc) is 2.56. The summed E-state index contributed by atoms with van der Waals surface area (Å²) >= 11 is 3.34. The fraction of sp³-hybridized carbons (Fsp3) is 0.231. The Morgan fingerprint density at radius 2 is 2.06 bits per heavy atom. The first-order chi connectivity index (χ1) is 8.50. The van der Waals surface area contributed by atoms with E-state index in [0.717, 1.165) is 15.8 Å². The third-order valence-electron chi connectivity index (χ3n) is 2.81. The maximum atomic E-state index is 12.2. The number of furan rings is 1. The van der Waals surface area contributed by atoms with Gasteiger partial charge in [0.25, 0.3) is 5.91 Å². The first-order valence-corrected chi connectivity index (χ1v) is 6.27. The summed E-state index contributed by atoms with van der Waals surface area (Å²) in [5, 5.41) is 2.84. The second-order valence-electron chi connectivity index (χ2n) is 4.02. The van der Waals surface area contributed by atoms with E-state index in [4.69, 9.17) is 4.42 Å². The molecule has 0 aliphatic rings. The number of amides is 1. The molecule has 2 aromatic heterocycles. The predicted molar refractivity (Wildman–Crippen MR) is 72.8 cm³/mol. The highest BCUT2D eigenvalue weighted by Crippen LogP contribution is 2.24. The number of pyridine rings is 1. The van der Waals surface area contributed by atoms with Crippen molar-refractivity contribution in [1.29, 1.82) is 0 Å². The standard InChI is InChI=1S/C13H13BrN2O2/c1-7-8(2)18-9(3)12(7)13(17)16-11-4-5-15-6-10(11)14/h4-6H,1-3H3,(H,15,16,17). The largest absolute Gasteiger partial charge is 0.466 e. The number of aryl methyl sites for hydroxylation is 2. The van der Waals surface area contributed by atoms with Crippen molar-refractivity contribution in [3.05, 3.63) is 45.6 Å². The zero-order valence-corrected chi connectivity index (χ0v) is 12.0. The maximum Gasteiger partial charge on any atom is 0.259 e. The van der Waals surface area contributed by atoms with Gasteiger partial charge in [-0.05, 0) is 42.8 Å². The number of hydrogen-bond acceptors (Lipinski definition) is 3. The molecule has 2 heterocycles. The van der Waals surface area contributed by atoms with Crippen LogP contribution in [0.25, 0.3) is 0 Å². The van der Waals surface area contributed by atoms with Crippen molar-refractivity contribution in [3.63, 3.8) is 0 Å². The molecule has 5 heteroatoms. The predicted octanol–water partition coefficient (Wildman–Crippen LogP) is 3.61. The third kappa shape index (κ3) is 2.31. The van der Waals surface area contributed by atoms with Crippen molar-refractivity contribution in [2.75, 3.05) is 5.32 Å². The molecule has 1 amide bonds. The molecule has 1 N–H and O–H groups in total. The Morgan fingerprint density at radius 1 is 1.33 bits per heavy atom. The molecule has 0 saturated heterocycles. The highest BCUT2D eigenvalue weighted by atomic mass is 79.9. The maximum absolute atomic E-state index is 12.2. The molecular weight excluding hydrogens is 296 g/mol. The van der Waals surface area contributed by atoms with E-state index in [1.165, 1.54) is 0 Å². The number of hydrogen-bond donors (Lipinski definition) is 1. The second-order valence-corrected chi connectivity index (χ2v) is 4.88. The van der Waals surface area contributed by atoms with Crippen molar-refractivity contribution < 1.29 is 9.21 Å². The van der Waals surface area contributed by atoms with Gasteiger partial charge in [-0.1, -0.05) is 0 Å². The number of halogens is 1. The van der Waals surface area contributed by atoms with Gasteiger partial charge in [-0.15, -0.1) is 0 Å². The summed E-state index contributed by atoms with van der Waals surface area (Å²) in [6.45, 7) is 5.51. The van der Waals surface area contributed by atoms with E-state index in [1.54, 1.807) is 25.4 Å². The Hall–Kier alpha value is -1.62. The highest BCUT2D eigenvalue weighted by Gasteiger charge is 2.19. The molecule has 94 valence electrons. The van der Waals surface area contributed by atoms with E-state index >= 15 is 0 Å². The fourth-order valence-electron chi connectivity index (χ4n) is 1.79. The number of nitrogens with one attached hydrogen (secondary N) is 1. The summed E-state index contributed by atoms with van der Waals surface area (Å²) in [5.41, 5.74) is 2.15. The zero-order valence-electron chi connectivity index (χ0n) is 10.4.